The molecule has 3 unspecified atom stereocenters. The number of fused-ring (bicyclic) bond motifs is 5. The number of carbonyl (C=O) groups excluding carboxylic acids is 5. The van der Waals surface area contributed by atoms with Crippen molar-refractivity contribution in [3.8, 4) is 11.5 Å². The van der Waals surface area contributed by atoms with Crippen molar-refractivity contribution in [2.24, 2.45) is 28.6 Å². The van der Waals surface area contributed by atoms with Crippen molar-refractivity contribution in [2.75, 3.05) is 33.5 Å². The molecule has 1 aromatic carbocycles. The highest BCUT2D eigenvalue weighted by atomic mass is 19.1. The fourth-order valence-electron chi connectivity index (χ4n) is 8.93. The average molecular weight is 759 g/mol. The minimum Gasteiger partial charge on any atom is -0.493 e. The Morgan fingerprint density at radius 3 is 2.54 bits per heavy atom. The Morgan fingerprint density at radius 2 is 1.80 bits per heavy atom. The predicted octanol–water partition coefficient (Wildman–Crippen LogP) is 4.23. The summed E-state index contributed by atoms with van der Waals surface area (Å²) in [5.41, 5.74) is -2.61. The van der Waals surface area contributed by atoms with Gasteiger partial charge in [-0.25, -0.2) is 14.0 Å². The average Bonchev–Trinajstić information content (AvgIpc) is 3.47. The van der Waals surface area contributed by atoms with E-state index in [4.69, 9.17) is 29.4 Å². The lowest BCUT2D eigenvalue weighted by Crippen LogP contribution is -2.66. The van der Waals surface area contributed by atoms with E-state index in [-0.39, 0.29) is 48.6 Å². The maximum atomic E-state index is 17.2. The molecular formula is C38H47FN2O13. The van der Waals surface area contributed by atoms with E-state index in [0.29, 0.717) is 49.7 Å². The molecule has 0 spiro atoms. The summed E-state index contributed by atoms with van der Waals surface area (Å²) >= 11 is 0. The molecule has 15 nitrogen and oxygen atoms in total. The molecular weight excluding hydrogens is 711 g/mol. The topological polar surface area (TPSA) is 207 Å². The standard InChI is InChI=1S/C38H47FN2O13/c1-36-20-32(44)38(39)27(9-8-24-19-25(42)14-15-37(24,38)2)26(36)10-11-28(36)29(43)22-52-34(46)21-40-35(47)54-30-12-6-23(18-31(30)50-3)7-13-33(45)51-16-4-5-17-53-41(48)49/h6-7,12-15,18-19,26-28,32,44,48-49H,4-5,8-11,16-17,20-22H2,1-3H3,(H,40,47)/b13-7+/t26?,27-,28?,32-,36-,37-,38?/m0/s1. The predicted molar refractivity (Wildman–Crippen MR) is 185 cm³/mol. The van der Waals surface area contributed by atoms with E-state index < -0.39 is 71.0 Å². The summed E-state index contributed by atoms with van der Waals surface area (Å²) in [7, 11) is 1.35. The number of hydrogen-bond donors (Lipinski definition) is 4. The monoisotopic (exact) mass is 758 g/mol. The minimum atomic E-state index is -1.99. The van der Waals surface area contributed by atoms with Gasteiger partial charge in [-0.1, -0.05) is 24.6 Å². The Labute approximate surface area is 311 Å². The van der Waals surface area contributed by atoms with Crippen molar-refractivity contribution in [1.82, 2.24) is 10.7 Å². The molecule has 3 fully saturated rings. The number of carbonyl (C=O) groups is 5. The van der Waals surface area contributed by atoms with Crippen LogP contribution in [0.1, 0.15) is 64.4 Å². The summed E-state index contributed by atoms with van der Waals surface area (Å²) in [6.07, 6.45) is 7.67. The van der Waals surface area contributed by atoms with Crippen LogP contribution in [0.4, 0.5) is 9.18 Å². The van der Waals surface area contributed by atoms with Crippen LogP contribution >= 0.6 is 0 Å². The van der Waals surface area contributed by atoms with Gasteiger partial charge in [-0.15, -0.1) is 0 Å². The van der Waals surface area contributed by atoms with Gasteiger partial charge in [-0.05, 0) is 99.1 Å². The van der Waals surface area contributed by atoms with Gasteiger partial charge in [0.1, 0.15) is 13.2 Å². The van der Waals surface area contributed by atoms with Crippen molar-refractivity contribution >= 4 is 35.7 Å². The smallest absolute Gasteiger partial charge is 0.413 e. The lowest BCUT2D eigenvalue weighted by molar-refractivity contribution is -0.492. The number of rotatable bonds is 15. The van der Waals surface area contributed by atoms with Crippen LogP contribution in [-0.4, -0.2) is 95.8 Å². The number of allylic oxidation sites excluding steroid dienone is 4. The molecule has 4 aliphatic carbocycles. The van der Waals surface area contributed by atoms with Crippen LogP contribution in [-0.2, 0) is 33.5 Å². The third kappa shape index (κ3) is 8.42. The highest BCUT2D eigenvalue weighted by Crippen LogP contribution is 2.68. The molecule has 54 heavy (non-hydrogen) atoms. The van der Waals surface area contributed by atoms with Crippen LogP contribution in [0.5, 0.6) is 11.5 Å². The molecule has 3 saturated carbocycles. The number of esters is 2. The number of ether oxygens (including phenoxy) is 4. The van der Waals surface area contributed by atoms with E-state index in [2.05, 4.69) is 10.2 Å². The van der Waals surface area contributed by atoms with Gasteiger partial charge in [-0.2, -0.15) is 0 Å². The van der Waals surface area contributed by atoms with E-state index in [1.165, 1.54) is 43.5 Å². The molecule has 294 valence electrons. The molecule has 0 aromatic heterocycles. The molecule has 0 radical (unpaired) electrons. The van der Waals surface area contributed by atoms with Gasteiger partial charge >= 0.3 is 18.0 Å². The molecule has 1 aromatic rings. The number of benzene rings is 1. The Kier molecular flexibility index (Phi) is 12.7. The van der Waals surface area contributed by atoms with Gasteiger partial charge in [-0.3, -0.25) is 29.6 Å². The number of amides is 1. The van der Waals surface area contributed by atoms with Crippen molar-refractivity contribution in [1.29, 1.82) is 0 Å². The summed E-state index contributed by atoms with van der Waals surface area (Å²) in [4.78, 5) is 66.9. The third-order valence-corrected chi connectivity index (χ3v) is 11.6. The molecule has 0 saturated heterocycles. The molecule has 4 N–H and O–H groups in total. The zero-order chi connectivity index (χ0) is 39.3. The van der Waals surface area contributed by atoms with Crippen LogP contribution in [0.15, 0.2) is 48.1 Å². The quantitative estimate of drug-likeness (QED) is 0.0855. The Hall–Kier alpha value is -4.48. The van der Waals surface area contributed by atoms with Crippen LogP contribution in [0.2, 0.25) is 0 Å². The minimum absolute atomic E-state index is 0.0213. The summed E-state index contributed by atoms with van der Waals surface area (Å²) in [5.74, 6) is -3.11. The van der Waals surface area contributed by atoms with Gasteiger partial charge in [0.2, 0.25) is 0 Å². The summed E-state index contributed by atoms with van der Waals surface area (Å²) in [6.45, 7) is 2.64. The molecule has 4 aliphatic rings. The number of alkyl halides is 1. The lowest BCUT2D eigenvalue weighted by atomic mass is 9.45. The van der Waals surface area contributed by atoms with Crippen LogP contribution in [0.25, 0.3) is 6.08 Å². The molecule has 7 atom stereocenters. The van der Waals surface area contributed by atoms with E-state index in [0.717, 1.165) is 0 Å². The van der Waals surface area contributed by atoms with Crippen LogP contribution in [0, 0.1) is 28.6 Å². The Balaban J connectivity index is 1.07. The fraction of sp³-hybridized carbons (Fsp3) is 0.553. The largest absolute Gasteiger partial charge is 0.493 e. The van der Waals surface area contributed by atoms with Gasteiger partial charge < -0.3 is 29.4 Å². The molecule has 1 amide bonds. The van der Waals surface area contributed by atoms with Crippen molar-refractivity contribution in [3.63, 3.8) is 0 Å². The molecule has 5 rings (SSSR count). The van der Waals surface area contributed by atoms with Gasteiger partial charge in [0.25, 0.3) is 0 Å². The van der Waals surface area contributed by atoms with Crippen molar-refractivity contribution in [2.45, 2.75) is 70.6 Å². The number of aliphatic hydroxyl groups excluding tert-OH is 1. The lowest BCUT2D eigenvalue weighted by Gasteiger charge is -2.62. The number of methoxy groups -OCH3 is 1. The normalized spacial score (nSPS) is 29.9. The number of ketones is 2. The SMILES string of the molecule is COc1cc(/C=C/C(=O)OCCCCON(O)O)ccc1OC(=O)NCC(=O)OCC(=O)C1CCC2[C@@H]3CCC4=CC(=O)C=C[C@]4(C)C3(F)[C@@H](O)C[C@]12C. The first-order valence-electron chi connectivity index (χ1n) is 17.9. The number of nitrogens with one attached hydrogen (secondary N) is 1. The summed E-state index contributed by atoms with van der Waals surface area (Å²) < 4.78 is 38.1. The van der Waals surface area contributed by atoms with E-state index in [1.807, 2.05) is 6.92 Å². The third-order valence-electron chi connectivity index (χ3n) is 11.6. The Bertz CT molecular complexity index is 1710. The Morgan fingerprint density at radius 1 is 1.04 bits per heavy atom. The molecule has 0 aliphatic heterocycles. The zero-order valence-electron chi connectivity index (χ0n) is 30.5. The molecule has 0 bridgehead atoms. The highest BCUT2D eigenvalue weighted by molar-refractivity contribution is 6.01. The van der Waals surface area contributed by atoms with E-state index >= 15 is 4.39 Å². The van der Waals surface area contributed by atoms with Crippen LogP contribution in [0.3, 0.4) is 0 Å². The van der Waals surface area contributed by atoms with Crippen molar-refractivity contribution in [3.05, 3.63) is 53.6 Å². The maximum absolute atomic E-state index is 17.2. The van der Waals surface area contributed by atoms with E-state index in [9.17, 15) is 29.1 Å². The molecule has 0 heterocycles. The zero-order valence-corrected chi connectivity index (χ0v) is 30.5. The van der Waals surface area contributed by atoms with Crippen molar-refractivity contribution < 1.29 is 67.7 Å². The summed E-state index contributed by atoms with van der Waals surface area (Å²) in [5, 5.41) is 30.2. The second-order valence-corrected chi connectivity index (χ2v) is 14.6. The number of nitrogens with zero attached hydrogens (tertiary/aromatic N) is 1. The number of halogens is 1. The number of aliphatic hydroxyl groups is 1. The number of Topliss-reactive ketones (excluding diaryl/α,β-unsaturated/α-hetero) is 1. The first kappa shape index (κ1) is 40.7. The van der Waals surface area contributed by atoms with Crippen LogP contribution < -0.4 is 14.8 Å². The maximum Gasteiger partial charge on any atom is 0.413 e. The second-order valence-electron chi connectivity index (χ2n) is 14.6. The highest BCUT2D eigenvalue weighted by Gasteiger charge is 2.70. The first-order chi connectivity index (χ1) is 25.6. The van der Waals surface area contributed by atoms with Gasteiger partial charge in [0.05, 0.1) is 31.8 Å². The van der Waals surface area contributed by atoms with Gasteiger partial charge in [0, 0.05) is 23.3 Å². The first-order valence-corrected chi connectivity index (χ1v) is 17.9. The number of unbranched alkanes of at least 4 members (excludes halogenated alkanes) is 1. The fourth-order valence-corrected chi connectivity index (χ4v) is 8.93. The number of hydrogen-bond acceptors (Lipinski definition) is 14. The summed E-state index contributed by atoms with van der Waals surface area (Å²) in [6, 6.07) is 4.48. The van der Waals surface area contributed by atoms with Gasteiger partial charge in [0.15, 0.2) is 28.7 Å². The van der Waals surface area contributed by atoms with E-state index in [1.54, 1.807) is 19.1 Å². The molecule has 16 heteroatoms. The second kappa shape index (κ2) is 16.9.